The normalized spacial score (nSPS) is 12.5. The smallest absolute Gasteiger partial charge is 0.497 e. The zero-order chi connectivity index (χ0) is 22.8. The average Bonchev–Trinajstić information content (AvgIpc) is 3.23. The van der Waals surface area contributed by atoms with Crippen LogP contribution < -0.4 is 9.47 Å². The summed E-state index contributed by atoms with van der Waals surface area (Å²) in [5.41, 5.74) is 0.938. The average molecular weight is 448 g/mol. The SMILES string of the molecule is COc1cc(C)cc(-c2ncn(/C=C\c3nn(CC(F)(F)F)nc3OC(F)(F)F)n2)c1. The van der Waals surface area contributed by atoms with Gasteiger partial charge in [0.15, 0.2) is 18.1 Å². The summed E-state index contributed by atoms with van der Waals surface area (Å²) in [7, 11) is 1.50. The fourth-order valence-corrected chi connectivity index (χ4v) is 2.48. The van der Waals surface area contributed by atoms with Gasteiger partial charge >= 0.3 is 12.5 Å². The molecule has 2 heterocycles. The van der Waals surface area contributed by atoms with Gasteiger partial charge < -0.3 is 9.47 Å². The Balaban J connectivity index is 1.87. The number of hydrogen-bond donors (Lipinski definition) is 0. The lowest BCUT2D eigenvalue weighted by atomic mass is 10.1. The van der Waals surface area contributed by atoms with E-state index in [2.05, 4.69) is 25.0 Å². The third-order valence-corrected chi connectivity index (χ3v) is 3.62. The molecule has 2 aromatic heterocycles. The molecule has 0 atom stereocenters. The number of rotatable bonds is 6. The zero-order valence-electron chi connectivity index (χ0n) is 15.9. The first-order chi connectivity index (χ1) is 14.4. The molecule has 166 valence electrons. The third kappa shape index (κ3) is 6.20. The first kappa shape index (κ1) is 22.1. The van der Waals surface area contributed by atoms with Crippen molar-refractivity contribution in [1.82, 2.24) is 29.8 Å². The molecule has 1 aromatic carbocycles. The minimum Gasteiger partial charge on any atom is -0.497 e. The van der Waals surface area contributed by atoms with Gasteiger partial charge in [-0.2, -0.15) is 18.0 Å². The topological polar surface area (TPSA) is 79.9 Å². The van der Waals surface area contributed by atoms with Crippen LogP contribution in [0.5, 0.6) is 11.6 Å². The fourth-order valence-electron chi connectivity index (χ4n) is 2.48. The van der Waals surface area contributed by atoms with Crippen molar-refractivity contribution in [1.29, 1.82) is 0 Å². The number of methoxy groups -OCH3 is 1. The molecule has 0 spiro atoms. The molecular weight excluding hydrogens is 434 g/mol. The van der Waals surface area contributed by atoms with E-state index in [1.54, 1.807) is 18.2 Å². The quantitative estimate of drug-likeness (QED) is 0.532. The number of halogens is 6. The Hall–Kier alpha value is -3.58. The minimum atomic E-state index is -5.16. The number of aromatic nitrogens is 6. The maximum Gasteiger partial charge on any atom is 0.574 e. The number of ether oxygens (including phenoxy) is 2. The monoisotopic (exact) mass is 448 g/mol. The summed E-state index contributed by atoms with van der Waals surface area (Å²) >= 11 is 0. The van der Waals surface area contributed by atoms with Crippen molar-refractivity contribution in [2.75, 3.05) is 7.11 Å². The predicted molar refractivity (Wildman–Crippen MR) is 94.7 cm³/mol. The van der Waals surface area contributed by atoms with Crippen molar-refractivity contribution < 1.29 is 35.8 Å². The molecule has 0 fully saturated rings. The van der Waals surface area contributed by atoms with Gasteiger partial charge in [0.25, 0.3) is 5.88 Å². The Morgan fingerprint density at radius 2 is 1.77 bits per heavy atom. The van der Waals surface area contributed by atoms with Gasteiger partial charge in [0, 0.05) is 11.8 Å². The summed E-state index contributed by atoms with van der Waals surface area (Å²) in [6.45, 7) is 0.160. The molecule has 0 amide bonds. The summed E-state index contributed by atoms with van der Waals surface area (Å²) < 4.78 is 85.1. The van der Waals surface area contributed by atoms with Crippen molar-refractivity contribution in [2.45, 2.75) is 26.0 Å². The van der Waals surface area contributed by atoms with Crippen LogP contribution in [0.1, 0.15) is 11.3 Å². The number of alkyl halides is 6. The van der Waals surface area contributed by atoms with Crippen LogP contribution in [0.25, 0.3) is 23.7 Å². The molecule has 0 unspecified atom stereocenters. The first-order valence-electron chi connectivity index (χ1n) is 8.45. The largest absolute Gasteiger partial charge is 0.574 e. The van der Waals surface area contributed by atoms with Crippen molar-refractivity contribution in [3.63, 3.8) is 0 Å². The molecule has 0 N–H and O–H groups in total. The molecular formula is C17H14F6N6O2. The number of aryl methyl sites for hydroxylation is 1. The maximum absolute atomic E-state index is 12.5. The highest BCUT2D eigenvalue weighted by Crippen LogP contribution is 2.26. The van der Waals surface area contributed by atoms with Gasteiger partial charge in [-0.3, -0.25) is 0 Å². The highest BCUT2D eigenvalue weighted by molar-refractivity contribution is 5.62. The highest BCUT2D eigenvalue weighted by atomic mass is 19.4. The Morgan fingerprint density at radius 1 is 1.03 bits per heavy atom. The van der Waals surface area contributed by atoms with Crippen LogP contribution in [-0.4, -0.2) is 49.4 Å². The predicted octanol–water partition coefficient (Wildman–Crippen LogP) is 3.94. The summed E-state index contributed by atoms with van der Waals surface area (Å²) in [6.07, 6.45) is -6.52. The highest BCUT2D eigenvalue weighted by Gasteiger charge is 2.35. The van der Waals surface area contributed by atoms with E-state index in [0.29, 0.717) is 17.1 Å². The molecule has 0 bridgehead atoms. The van der Waals surface area contributed by atoms with E-state index < -0.39 is 30.7 Å². The van der Waals surface area contributed by atoms with Gasteiger partial charge in [-0.15, -0.1) is 28.5 Å². The Bertz CT molecular complexity index is 1090. The van der Waals surface area contributed by atoms with Gasteiger partial charge in [-0.05, 0) is 36.8 Å². The standard InChI is InChI=1S/C17H14F6N6O2/c1-10-5-11(7-12(6-10)30-2)14-24-9-28(26-14)4-3-13-15(31-17(21,22)23)27-29(25-13)8-16(18,19)20/h3-7,9H,8H2,1-2H3/b4-3-. The molecule has 3 aromatic rings. The van der Waals surface area contributed by atoms with E-state index in [1.807, 2.05) is 6.92 Å². The summed E-state index contributed by atoms with van der Waals surface area (Å²) in [5.74, 6) is -0.256. The molecule has 0 saturated carbocycles. The minimum absolute atomic E-state index is 0.0620. The lowest BCUT2D eigenvalue weighted by Crippen LogP contribution is -2.20. The lowest BCUT2D eigenvalue weighted by Gasteiger charge is -2.05. The zero-order valence-corrected chi connectivity index (χ0v) is 15.9. The fraction of sp³-hybridized carbons (Fsp3) is 0.294. The molecule has 0 aliphatic carbocycles. The van der Waals surface area contributed by atoms with Gasteiger partial charge in [0.05, 0.1) is 7.11 Å². The van der Waals surface area contributed by atoms with Gasteiger partial charge in [-0.25, -0.2) is 9.67 Å². The van der Waals surface area contributed by atoms with Crippen LogP contribution in [0.4, 0.5) is 26.3 Å². The molecule has 0 saturated heterocycles. The molecule has 31 heavy (non-hydrogen) atoms. The third-order valence-electron chi connectivity index (χ3n) is 3.62. The summed E-state index contributed by atoms with van der Waals surface area (Å²) in [6, 6.07) is 5.28. The summed E-state index contributed by atoms with van der Waals surface area (Å²) in [4.78, 5) is 4.16. The van der Waals surface area contributed by atoms with E-state index >= 15 is 0 Å². The van der Waals surface area contributed by atoms with Crippen molar-refractivity contribution in [3.8, 4) is 23.0 Å². The molecule has 0 aliphatic heterocycles. The van der Waals surface area contributed by atoms with Crippen molar-refractivity contribution >= 4 is 12.3 Å². The van der Waals surface area contributed by atoms with E-state index in [0.717, 1.165) is 22.5 Å². The lowest BCUT2D eigenvalue weighted by molar-refractivity contribution is -0.276. The van der Waals surface area contributed by atoms with Gasteiger partial charge in [0.1, 0.15) is 12.1 Å². The van der Waals surface area contributed by atoms with Crippen molar-refractivity contribution in [3.05, 3.63) is 35.8 Å². The molecule has 0 radical (unpaired) electrons. The van der Waals surface area contributed by atoms with Crippen molar-refractivity contribution in [2.24, 2.45) is 0 Å². The van der Waals surface area contributed by atoms with Crippen LogP contribution >= 0.6 is 0 Å². The second-order valence-electron chi connectivity index (χ2n) is 6.19. The molecule has 8 nitrogen and oxygen atoms in total. The van der Waals surface area contributed by atoms with Crippen LogP contribution in [0.2, 0.25) is 0 Å². The second-order valence-corrected chi connectivity index (χ2v) is 6.19. The van der Waals surface area contributed by atoms with E-state index in [1.165, 1.54) is 13.4 Å². The Morgan fingerprint density at radius 3 is 2.42 bits per heavy atom. The van der Waals surface area contributed by atoms with Crippen LogP contribution in [0.15, 0.2) is 24.5 Å². The number of nitrogens with zero attached hydrogens (tertiary/aromatic N) is 6. The first-order valence-corrected chi connectivity index (χ1v) is 8.45. The number of hydrogen-bond acceptors (Lipinski definition) is 6. The Kier molecular flexibility index (Phi) is 5.90. The number of benzene rings is 1. The van der Waals surface area contributed by atoms with E-state index in [4.69, 9.17) is 4.74 Å². The van der Waals surface area contributed by atoms with Crippen LogP contribution in [0, 0.1) is 6.92 Å². The second kappa shape index (κ2) is 8.28. The molecule has 0 aliphatic rings. The summed E-state index contributed by atoms with van der Waals surface area (Å²) in [5, 5.41) is 10.6. The molecule has 3 rings (SSSR count). The van der Waals surface area contributed by atoms with E-state index in [9.17, 15) is 26.3 Å². The molecule has 14 heteroatoms. The maximum atomic E-state index is 12.5. The Labute approximate surface area is 170 Å². The van der Waals surface area contributed by atoms with Crippen LogP contribution in [0.3, 0.4) is 0 Å². The van der Waals surface area contributed by atoms with Gasteiger partial charge in [0.2, 0.25) is 0 Å². The van der Waals surface area contributed by atoms with E-state index in [-0.39, 0.29) is 4.80 Å². The van der Waals surface area contributed by atoms with Crippen LogP contribution in [-0.2, 0) is 6.54 Å². The van der Waals surface area contributed by atoms with Gasteiger partial charge in [-0.1, -0.05) is 0 Å².